The fraction of sp³-hybridized carbons (Fsp3) is 0.308. The molecular weight excluding hydrogens is 250 g/mol. The molecule has 1 amide bonds. The highest BCUT2D eigenvalue weighted by Crippen LogP contribution is 2.31. The molecule has 2 heterocycles. The van der Waals surface area contributed by atoms with Crippen LogP contribution in [-0.4, -0.2) is 5.91 Å². The first-order chi connectivity index (χ1) is 8.16. The second-order valence-electron chi connectivity index (χ2n) is 4.12. The van der Waals surface area contributed by atoms with Crippen LogP contribution >= 0.6 is 22.7 Å². The van der Waals surface area contributed by atoms with Gasteiger partial charge in [-0.3, -0.25) is 4.79 Å². The molecule has 0 atom stereocenters. The minimum absolute atomic E-state index is 0.0479. The van der Waals surface area contributed by atoms with E-state index >= 15 is 0 Å². The van der Waals surface area contributed by atoms with Gasteiger partial charge >= 0.3 is 0 Å². The van der Waals surface area contributed by atoms with Gasteiger partial charge < -0.3 is 5.32 Å². The molecule has 0 saturated heterocycles. The molecule has 2 rings (SSSR count). The molecule has 2 nitrogen and oxygen atoms in total. The Labute approximate surface area is 109 Å². The van der Waals surface area contributed by atoms with Gasteiger partial charge in [0.05, 0.1) is 6.54 Å². The summed E-state index contributed by atoms with van der Waals surface area (Å²) in [6, 6.07) is 8.38. The number of amides is 1. The standard InChI is InChI=1S/C13H15NOS2/c1-9(2)13(15)14-8-10-5-6-12(17-10)11-4-3-7-16-11/h3-7,9H,8H2,1-2H3,(H,14,15). The van der Waals surface area contributed by atoms with Crippen LogP contribution in [0.25, 0.3) is 9.75 Å². The summed E-state index contributed by atoms with van der Waals surface area (Å²) in [5, 5.41) is 5.01. The van der Waals surface area contributed by atoms with Crippen molar-refractivity contribution in [3.8, 4) is 9.75 Å². The quantitative estimate of drug-likeness (QED) is 0.896. The number of nitrogens with one attached hydrogen (secondary N) is 1. The van der Waals surface area contributed by atoms with Crippen molar-refractivity contribution in [2.24, 2.45) is 5.92 Å². The lowest BCUT2D eigenvalue weighted by Gasteiger charge is -2.05. The Morgan fingerprint density at radius 1 is 1.29 bits per heavy atom. The largest absolute Gasteiger partial charge is 0.351 e. The molecule has 0 aliphatic rings. The zero-order valence-corrected chi connectivity index (χ0v) is 11.5. The summed E-state index contributed by atoms with van der Waals surface area (Å²) in [6.45, 7) is 4.44. The van der Waals surface area contributed by atoms with Gasteiger partial charge in [0.25, 0.3) is 0 Å². The molecule has 0 aliphatic carbocycles. The molecule has 0 fully saturated rings. The maximum absolute atomic E-state index is 11.4. The van der Waals surface area contributed by atoms with Gasteiger partial charge in [0, 0.05) is 20.5 Å². The number of hydrogen-bond donors (Lipinski definition) is 1. The zero-order valence-electron chi connectivity index (χ0n) is 9.90. The van der Waals surface area contributed by atoms with E-state index in [0.717, 1.165) is 0 Å². The highest BCUT2D eigenvalue weighted by molar-refractivity contribution is 7.21. The minimum Gasteiger partial charge on any atom is -0.351 e. The Morgan fingerprint density at radius 2 is 2.12 bits per heavy atom. The summed E-state index contributed by atoms with van der Waals surface area (Å²) < 4.78 is 0. The molecule has 2 aromatic rings. The van der Waals surface area contributed by atoms with Crippen LogP contribution in [0, 0.1) is 5.92 Å². The first-order valence-corrected chi connectivity index (χ1v) is 7.26. The number of hydrogen-bond acceptors (Lipinski definition) is 3. The Balaban J connectivity index is 1.97. The number of carbonyl (C=O) groups excluding carboxylic acids is 1. The van der Waals surface area contributed by atoms with Crippen LogP contribution in [0.15, 0.2) is 29.6 Å². The second kappa shape index (κ2) is 5.47. The highest BCUT2D eigenvalue weighted by atomic mass is 32.1. The normalized spacial score (nSPS) is 10.8. The lowest BCUT2D eigenvalue weighted by molar-refractivity contribution is -0.124. The monoisotopic (exact) mass is 265 g/mol. The van der Waals surface area contributed by atoms with Gasteiger partial charge in [-0.15, -0.1) is 22.7 Å². The number of thiophene rings is 2. The molecule has 0 saturated carbocycles. The van der Waals surface area contributed by atoms with Crippen molar-refractivity contribution in [1.29, 1.82) is 0 Å². The van der Waals surface area contributed by atoms with Gasteiger partial charge in [-0.05, 0) is 23.6 Å². The molecule has 0 unspecified atom stereocenters. The lowest BCUT2D eigenvalue weighted by atomic mass is 10.2. The second-order valence-corrected chi connectivity index (χ2v) is 6.23. The molecule has 0 spiro atoms. The summed E-state index contributed by atoms with van der Waals surface area (Å²) in [4.78, 5) is 15.2. The van der Waals surface area contributed by atoms with E-state index in [1.165, 1.54) is 14.6 Å². The van der Waals surface area contributed by atoms with Crippen molar-refractivity contribution < 1.29 is 4.79 Å². The third-order valence-electron chi connectivity index (χ3n) is 2.39. The van der Waals surface area contributed by atoms with Crippen molar-refractivity contribution in [3.05, 3.63) is 34.5 Å². The van der Waals surface area contributed by atoms with E-state index in [4.69, 9.17) is 0 Å². The average Bonchev–Trinajstić information content (AvgIpc) is 2.95. The molecule has 0 bridgehead atoms. The van der Waals surface area contributed by atoms with E-state index in [0.29, 0.717) is 6.54 Å². The molecule has 0 radical (unpaired) electrons. The number of rotatable bonds is 4. The molecule has 17 heavy (non-hydrogen) atoms. The van der Waals surface area contributed by atoms with Crippen LogP contribution in [0.3, 0.4) is 0 Å². The molecule has 4 heteroatoms. The van der Waals surface area contributed by atoms with Crippen molar-refractivity contribution >= 4 is 28.6 Å². The summed E-state index contributed by atoms with van der Waals surface area (Å²) >= 11 is 3.48. The first kappa shape index (κ1) is 12.3. The van der Waals surface area contributed by atoms with Crippen LogP contribution < -0.4 is 5.32 Å². The summed E-state index contributed by atoms with van der Waals surface area (Å²) in [5.41, 5.74) is 0. The third kappa shape index (κ3) is 3.17. The highest BCUT2D eigenvalue weighted by Gasteiger charge is 2.08. The fourth-order valence-corrected chi connectivity index (χ4v) is 3.18. The van der Waals surface area contributed by atoms with Crippen molar-refractivity contribution in [2.75, 3.05) is 0 Å². The lowest BCUT2D eigenvalue weighted by Crippen LogP contribution is -2.26. The topological polar surface area (TPSA) is 29.1 Å². The first-order valence-electron chi connectivity index (χ1n) is 5.57. The third-order valence-corrected chi connectivity index (χ3v) is 4.54. The van der Waals surface area contributed by atoms with E-state index in [1.54, 1.807) is 22.7 Å². The van der Waals surface area contributed by atoms with E-state index in [1.807, 2.05) is 13.8 Å². The number of carbonyl (C=O) groups is 1. The Bertz CT molecular complexity index is 485. The molecule has 1 N–H and O–H groups in total. The Kier molecular flexibility index (Phi) is 3.97. The summed E-state index contributed by atoms with van der Waals surface area (Å²) in [6.07, 6.45) is 0. The van der Waals surface area contributed by atoms with Gasteiger partial charge in [0.2, 0.25) is 5.91 Å². The predicted octanol–water partition coefficient (Wildman–Crippen LogP) is 3.75. The van der Waals surface area contributed by atoms with Gasteiger partial charge in [0.15, 0.2) is 0 Å². The van der Waals surface area contributed by atoms with E-state index in [2.05, 4.69) is 35.0 Å². The van der Waals surface area contributed by atoms with Crippen LogP contribution in [-0.2, 0) is 11.3 Å². The fourth-order valence-electron chi connectivity index (χ4n) is 1.40. The van der Waals surface area contributed by atoms with E-state index in [9.17, 15) is 4.79 Å². The van der Waals surface area contributed by atoms with Crippen LogP contribution in [0.2, 0.25) is 0 Å². The van der Waals surface area contributed by atoms with Crippen LogP contribution in [0.1, 0.15) is 18.7 Å². The smallest absolute Gasteiger partial charge is 0.222 e. The van der Waals surface area contributed by atoms with E-state index in [-0.39, 0.29) is 11.8 Å². The van der Waals surface area contributed by atoms with Gasteiger partial charge in [-0.25, -0.2) is 0 Å². The molecular formula is C13H15NOS2. The maximum atomic E-state index is 11.4. The molecule has 0 aromatic carbocycles. The molecule has 0 aliphatic heterocycles. The summed E-state index contributed by atoms with van der Waals surface area (Å²) in [5.74, 6) is 0.155. The summed E-state index contributed by atoms with van der Waals surface area (Å²) in [7, 11) is 0. The zero-order chi connectivity index (χ0) is 12.3. The van der Waals surface area contributed by atoms with Gasteiger partial charge in [-0.1, -0.05) is 19.9 Å². The minimum atomic E-state index is 0.0479. The molecule has 90 valence electrons. The SMILES string of the molecule is CC(C)C(=O)NCc1ccc(-c2cccs2)s1. The van der Waals surface area contributed by atoms with Crippen LogP contribution in [0.4, 0.5) is 0 Å². The Hall–Kier alpha value is -1.13. The van der Waals surface area contributed by atoms with Gasteiger partial charge in [-0.2, -0.15) is 0 Å². The van der Waals surface area contributed by atoms with Crippen LogP contribution in [0.5, 0.6) is 0 Å². The average molecular weight is 265 g/mol. The van der Waals surface area contributed by atoms with E-state index < -0.39 is 0 Å². The van der Waals surface area contributed by atoms with Gasteiger partial charge in [0.1, 0.15) is 0 Å². The predicted molar refractivity (Wildman–Crippen MR) is 74.3 cm³/mol. The Morgan fingerprint density at radius 3 is 2.76 bits per heavy atom. The van der Waals surface area contributed by atoms with Crippen molar-refractivity contribution in [1.82, 2.24) is 5.32 Å². The van der Waals surface area contributed by atoms with Crippen molar-refractivity contribution in [3.63, 3.8) is 0 Å². The molecule has 2 aromatic heterocycles. The maximum Gasteiger partial charge on any atom is 0.222 e. The van der Waals surface area contributed by atoms with Crippen molar-refractivity contribution in [2.45, 2.75) is 20.4 Å².